The van der Waals surface area contributed by atoms with Crippen molar-refractivity contribution in [2.24, 2.45) is 5.41 Å². The summed E-state index contributed by atoms with van der Waals surface area (Å²) in [6.45, 7) is 6.12. The summed E-state index contributed by atoms with van der Waals surface area (Å²) in [5.74, 6) is -0.444. The maximum absolute atomic E-state index is 14.0. The molecular weight excluding hydrogens is 447 g/mol. The number of amides is 1. The van der Waals surface area contributed by atoms with E-state index in [9.17, 15) is 14.0 Å². The van der Waals surface area contributed by atoms with E-state index >= 15 is 0 Å². The first-order valence-electron chi connectivity index (χ1n) is 11.6. The molecule has 3 heterocycles. The summed E-state index contributed by atoms with van der Waals surface area (Å²) in [5.41, 5.74) is 2.17. The summed E-state index contributed by atoms with van der Waals surface area (Å²) in [5, 5.41) is 4.54. The Morgan fingerprint density at radius 2 is 1.89 bits per heavy atom. The van der Waals surface area contributed by atoms with Gasteiger partial charge in [0.15, 0.2) is 5.78 Å². The summed E-state index contributed by atoms with van der Waals surface area (Å²) in [7, 11) is 0. The van der Waals surface area contributed by atoms with Gasteiger partial charge in [0.2, 0.25) is 0 Å². The molecule has 1 fully saturated rings. The molecule has 0 spiro atoms. The highest BCUT2D eigenvalue weighted by molar-refractivity contribution is 6.03. The SMILES string of the molecule is CC(C)(C)OC(=O)N1CCC2=Cc3c(cnn3-c3ccc(F)cc3)CC2(C(=O)c2ccccn2)C1. The van der Waals surface area contributed by atoms with E-state index in [-0.39, 0.29) is 18.1 Å². The van der Waals surface area contributed by atoms with E-state index in [2.05, 4.69) is 10.1 Å². The first kappa shape index (κ1) is 23.0. The number of carbonyl (C=O) groups excluding carboxylic acids is 2. The van der Waals surface area contributed by atoms with Gasteiger partial charge in [0, 0.05) is 19.3 Å². The second kappa shape index (κ2) is 8.45. The van der Waals surface area contributed by atoms with Crippen LogP contribution in [0.25, 0.3) is 11.8 Å². The molecule has 0 radical (unpaired) electrons. The predicted molar refractivity (Wildman–Crippen MR) is 129 cm³/mol. The molecule has 1 aromatic carbocycles. The highest BCUT2D eigenvalue weighted by Crippen LogP contribution is 2.46. The fourth-order valence-corrected chi connectivity index (χ4v) is 4.86. The Balaban J connectivity index is 1.57. The lowest BCUT2D eigenvalue weighted by atomic mass is 9.65. The number of piperidine rings is 1. The van der Waals surface area contributed by atoms with Crippen LogP contribution in [0.2, 0.25) is 0 Å². The molecule has 1 aliphatic heterocycles. The molecule has 0 N–H and O–H groups in total. The van der Waals surface area contributed by atoms with E-state index in [1.165, 1.54) is 12.1 Å². The van der Waals surface area contributed by atoms with Gasteiger partial charge in [0.05, 0.1) is 23.0 Å². The molecule has 1 atom stereocenters. The van der Waals surface area contributed by atoms with Crippen molar-refractivity contribution in [2.75, 3.05) is 13.1 Å². The molecule has 8 heteroatoms. The number of ether oxygens (including phenoxy) is 1. The van der Waals surface area contributed by atoms with Crippen LogP contribution >= 0.6 is 0 Å². The van der Waals surface area contributed by atoms with Crippen LogP contribution in [-0.2, 0) is 11.2 Å². The van der Waals surface area contributed by atoms with Gasteiger partial charge in [-0.05, 0) is 81.7 Å². The van der Waals surface area contributed by atoms with Crippen LogP contribution in [0.1, 0.15) is 48.9 Å². The third kappa shape index (κ3) is 4.24. The van der Waals surface area contributed by atoms with Crippen molar-refractivity contribution in [3.05, 3.63) is 83.2 Å². The molecule has 35 heavy (non-hydrogen) atoms. The first-order valence-corrected chi connectivity index (χ1v) is 11.6. The summed E-state index contributed by atoms with van der Waals surface area (Å²) in [6.07, 6.45) is 5.81. The standard InChI is InChI=1S/C27H27FN4O3/c1-26(2,3)35-25(34)31-13-11-19-14-23-18(16-30-32(23)21-9-7-20(28)8-10-21)15-27(19,17-31)24(33)22-6-4-5-12-29-22/h4-10,12,14,16H,11,13,15,17H2,1-3H3. The topological polar surface area (TPSA) is 77.3 Å². The van der Waals surface area contributed by atoms with Gasteiger partial charge in [0.1, 0.15) is 17.1 Å². The van der Waals surface area contributed by atoms with E-state index in [4.69, 9.17) is 4.74 Å². The zero-order valence-electron chi connectivity index (χ0n) is 20.0. The van der Waals surface area contributed by atoms with E-state index in [0.29, 0.717) is 25.1 Å². The van der Waals surface area contributed by atoms with Gasteiger partial charge in [-0.2, -0.15) is 5.10 Å². The van der Waals surface area contributed by atoms with Crippen molar-refractivity contribution in [3.63, 3.8) is 0 Å². The number of hydrogen-bond acceptors (Lipinski definition) is 5. The molecule has 0 saturated carbocycles. The Labute approximate surface area is 203 Å². The fraction of sp³-hybridized carbons (Fsp3) is 0.333. The minimum Gasteiger partial charge on any atom is -0.444 e. The third-order valence-corrected chi connectivity index (χ3v) is 6.47. The number of nitrogens with zero attached hydrogens (tertiary/aromatic N) is 4. The molecule has 0 bridgehead atoms. The van der Waals surface area contributed by atoms with Gasteiger partial charge in [-0.25, -0.2) is 13.9 Å². The Hall–Kier alpha value is -3.81. The van der Waals surface area contributed by atoms with Crippen molar-refractivity contribution in [1.82, 2.24) is 19.7 Å². The minimum atomic E-state index is -0.965. The quantitative estimate of drug-likeness (QED) is 0.507. The van der Waals surface area contributed by atoms with Gasteiger partial charge in [-0.3, -0.25) is 9.78 Å². The van der Waals surface area contributed by atoms with Crippen LogP contribution in [0.5, 0.6) is 0 Å². The highest BCUT2D eigenvalue weighted by atomic mass is 19.1. The average molecular weight is 475 g/mol. The molecule has 1 aliphatic carbocycles. The van der Waals surface area contributed by atoms with Gasteiger partial charge in [0.25, 0.3) is 0 Å². The smallest absolute Gasteiger partial charge is 0.410 e. The van der Waals surface area contributed by atoms with Crippen LogP contribution in [0, 0.1) is 11.2 Å². The Kier molecular flexibility index (Phi) is 5.54. The number of rotatable bonds is 3. The first-order chi connectivity index (χ1) is 16.7. The number of Topliss-reactive ketones (excluding diaryl/α,β-unsaturated/α-hetero) is 1. The van der Waals surface area contributed by atoms with Crippen LogP contribution in [0.3, 0.4) is 0 Å². The lowest BCUT2D eigenvalue weighted by Gasteiger charge is -2.45. The molecule has 1 amide bonds. The Bertz CT molecular complexity index is 1310. The molecule has 5 rings (SSSR count). The molecule has 180 valence electrons. The molecule has 3 aromatic rings. The second-order valence-corrected chi connectivity index (χ2v) is 10.1. The van der Waals surface area contributed by atoms with Gasteiger partial charge >= 0.3 is 6.09 Å². The normalized spacial score (nSPS) is 19.4. The zero-order chi connectivity index (χ0) is 24.8. The average Bonchev–Trinajstić information content (AvgIpc) is 3.24. The summed E-state index contributed by atoms with van der Waals surface area (Å²) >= 11 is 0. The Morgan fingerprint density at radius 1 is 1.11 bits per heavy atom. The number of benzene rings is 1. The second-order valence-electron chi connectivity index (χ2n) is 10.1. The lowest BCUT2D eigenvalue weighted by molar-refractivity contribution is 0.0138. The van der Waals surface area contributed by atoms with Gasteiger partial charge in [-0.15, -0.1) is 0 Å². The van der Waals surface area contributed by atoms with Crippen LogP contribution in [0.4, 0.5) is 9.18 Å². The lowest BCUT2D eigenvalue weighted by Crippen LogP contribution is -2.54. The van der Waals surface area contributed by atoms with E-state index < -0.39 is 17.1 Å². The van der Waals surface area contributed by atoms with E-state index in [1.54, 1.807) is 52.3 Å². The molecule has 2 aromatic heterocycles. The van der Waals surface area contributed by atoms with Crippen molar-refractivity contribution in [3.8, 4) is 5.69 Å². The predicted octanol–water partition coefficient (Wildman–Crippen LogP) is 4.86. The van der Waals surface area contributed by atoms with Crippen LogP contribution < -0.4 is 0 Å². The number of fused-ring (bicyclic) bond motifs is 2. The number of pyridine rings is 1. The maximum atomic E-state index is 14.0. The fourth-order valence-electron chi connectivity index (χ4n) is 4.86. The summed E-state index contributed by atoms with van der Waals surface area (Å²) < 4.78 is 20.8. The number of halogens is 1. The van der Waals surface area contributed by atoms with Crippen LogP contribution in [0.15, 0.2) is 60.4 Å². The van der Waals surface area contributed by atoms with Crippen molar-refractivity contribution in [2.45, 2.75) is 39.2 Å². The largest absolute Gasteiger partial charge is 0.444 e. The molecule has 7 nitrogen and oxygen atoms in total. The number of aromatic nitrogens is 3. The van der Waals surface area contributed by atoms with E-state index in [1.807, 2.05) is 26.8 Å². The summed E-state index contributed by atoms with van der Waals surface area (Å²) in [6, 6.07) is 11.4. The number of likely N-dealkylation sites (tertiary alicyclic amines) is 1. The molecule has 1 saturated heterocycles. The number of hydrogen-bond donors (Lipinski definition) is 0. The van der Waals surface area contributed by atoms with Crippen molar-refractivity contribution < 1.29 is 18.7 Å². The van der Waals surface area contributed by atoms with E-state index in [0.717, 1.165) is 22.5 Å². The van der Waals surface area contributed by atoms with Crippen molar-refractivity contribution >= 4 is 18.0 Å². The van der Waals surface area contributed by atoms with Gasteiger partial charge in [-0.1, -0.05) is 11.6 Å². The Morgan fingerprint density at radius 3 is 2.57 bits per heavy atom. The van der Waals surface area contributed by atoms with Crippen molar-refractivity contribution in [1.29, 1.82) is 0 Å². The molecule has 1 unspecified atom stereocenters. The van der Waals surface area contributed by atoms with Gasteiger partial charge < -0.3 is 9.64 Å². The summed E-state index contributed by atoms with van der Waals surface area (Å²) in [4.78, 5) is 32.9. The highest BCUT2D eigenvalue weighted by Gasteiger charge is 2.50. The maximum Gasteiger partial charge on any atom is 0.410 e. The molecule has 2 aliphatic rings. The zero-order valence-corrected chi connectivity index (χ0v) is 20.0. The molecular formula is C27H27FN4O3. The number of ketones is 1. The third-order valence-electron chi connectivity index (χ3n) is 6.47. The van der Waals surface area contributed by atoms with Crippen LogP contribution in [-0.4, -0.2) is 50.2 Å². The minimum absolute atomic E-state index is 0.127. The monoisotopic (exact) mass is 474 g/mol. The number of carbonyl (C=O) groups is 2.